The highest BCUT2D eigenvalue weighted by atomic mass is 32.2. The number of thioether (sulfide) groups is 1. The molecule has 0 bridgehead atoms. The number of hydrogen-bond donors (Lipinski definition) is 2. The minimum atomic E-state index is -0.556. The summed E-state index contributed by atoms with van der Waals surface area (Å²) in [7, 11) is 0. The van der Waals surface area contributed by atoms with Gasteiger partial charge >= 0.3 is 12.0 Å². The molecule has 1 atom stereocenters. The van der Waals surface area contributed by atoms with E-state index in [1.807, 2.05) is 30.3 Å². The number of nitrogens with zero attached hydrogens (tertiary/aromatic N) is 2. The van der Waals surface area contributed by atoms with Gasteiger partial charge in [-0.15, -0.1) is 10.2 Å². The largest absolute Gasteiger partial charge is 0.463 e. The lowest BCUT2D eigenvalue weighted by atomic mass is 9.95. The smallest absolute Gasteiger partial charge is 0.338 e. The molecule has 7 nitrogen and oxygen atoms in total. The van der Waals surface area contributed by atoms with Gasteiger partial charge in [-0.05, 0) is 12.5 Å². The predicted octanol–water partition coefficient (Wildman–Crippen LogP) is 2.50. The molecule has 2 N–H and O–H groups in total. The van der Waals surface area contributed by atoms with Gasteiger partial charge < -0.3 is 15.4 Å². The molecule has 1 aliphatic rings. The number of urea groups is 1. The first kappa shape index (κ1) is 17.4. The third-order valence-corrected chi connectivity index (χ3v) is 5.35. The van der Waals surface area contributed by atoms with Crippen molar-refractivity contribution in [2.75, 3.05) is 12.4 Å². The maximum Gasteiger partial charge on any atom is 0.338 e. The molecule has 2 aromatic rings. The van der Waals surface area contributed by atoms with Crippen molar-refractivity contribution in [3.63, 3.8) is 0 Å². The zero-order chi connectivity index (χ0) is 17.6. The Morgan fingerprint density at radius 1 is 1.36 bits per heavy atom. The van der Waals surface area contributed by atoms with Crippen molar-refractivity contribution in [3.8, 4) is 0 Å². The Morgan fingerprint density at radius 2 is 2.16 bits per heavy atom. The second kappa shape index (κ2) is 8.13. The van der Waals surface area contributed by atoms with Gasteiger partial charge in [0.2, 0.25) is 0 Å². The van der Waals surface area contributed by atoms with Crippen molar-refractivity contribution in [1.29, 1.82) is 0 Å². The summed E-state index contributed by atoms with van der Waals surface area (Å²) in [5.41, 5.74) is 3.39. The number of hydrogen-bond acceptors (Lipinski definition) is 7. The summed E-state index contributed by atoms with van der Waals surface area (Å²) in [6.07, 6.45) is 0. The summed E-state index contributed by atoms with van der Waals surface area (Å²) >= 11 is 2.81. The van der Waals surface area contributed by atoms with E-state index >= 15 is 0 Å². The van der Waals surface area contributed by atoms with Crippen molar-refractivity contribution in [2.24, 2.45) is 0 Å². The molecule has 0 radical (unpaired) electrons. The van der Waals surface area contributed by atoms with Crippen molar-refractivity contribution >= 4 is 35.1 Å². The van der Waals surface area contributed by atoms with Gasteiger partial charge in [0.15, 0.2) is 4.34 Å². The molecule has 2 amide bonds. The number of aromatic nitrogens is 2. The number of nitrogens with one attached hydrogen (secondary N) is 2. The van der Waals surface area contributed by atoms with E-state index in [0.29, 0.717) is 17.0 Å². The summed E-state index contributed by atoms with van der Waals surface area (Å²) in [6, 6.07) is 8.43. The molecule has 25 heavy (non-hydrogen) atoms. The molecule has 0 fully saturated rings. The lowest BCUT2D eigenvalue weighted by Crippen LogP contribution is -2.46. The van der Waals surface area contributed by atoms with Gasteiger partial charge in [-0.25, -0.2) is 9.59 Å². The maximum absolute atomic E-state index is 12.6. The average molecular weight is 376 g/mol. The van der Waals surface area contributed by atoms with Crippen LogP contribution in [0.15, 0.2) is 51.5 Å². The highest BCUT2D eigenvalue weighted by molar-refractivity contribution is 8.01. The summed E-state index contributed by atoms with van der Waals surface area (Å²) in [5, 5.41) is 13.3. The predicted molar refractivity (Wildman–Crippen MR) is 95.1 cm³/mol. The fourth-order valence-corrected chi connectivity index (χ4v) is 3.89. The second-order valence-electron chi connectivity index (χ2n) is 5.05. The van der Waals surface area contributed by atoms with E-state index in [1.54, 1.807) is 12.4 Å². The molecular formula is C16H16N4O3S2. The molecule has 0 spiro atoms. The zero-order valence-electron chi connectivity index (χ0n) is 13.4. The molecule has 0 saturated carbocycles. The first-order valence-electron chi connectivity index (χ1n) is 7.60. The second-order valence-corrected chi connectivity index (χ2v) is 7.10. The zero-order valence-corrected chi connectivity index (χ0v) is 15.0. The molecule has 1 aromatic carbocycles. The first-order valence-corrected chi connectivity index (χ1v) is 9.47. The molecule has 0 aliphatic carbocycles. The molecule has 3 rings (SSSR count). The fraction of sp³-hybridized carbons (Fsp3) is 0.250. The summed E-state index contributed by atoms with van der Waals surface area (Å²) in [6.45, 7) is 2.01. The number of rotatable bonds is 6. The van der Waals surface area contributed by atoms with Crippen LogP contribution >= 0.6 is 23.1 Å². The molecule has 130 valence electrons. The molecule has 1 aliphatic heterocycles. The summed E-state index contributed by atoms with van der Waals surface area (Å²) < 4.78 is 5.98. The van der Waals surface area contributed by atoms with Gasteiger partial charge in [-0.2, -0.15) is 0 Å². The fourth-order valence-electron chi connectivity index (χ4n) is 2.44. The van der Waals surface area contributed by atoms with Crippen LogP contribution in [-0.2, 0) is 9.53 Å². The van der Waals surface area contributed by atoms with Crippen molar-refractivity contribution in [3.05, 3.63) is 52.7 Å². The molecule has 2 heterocycles. The topological polar surface area (TPSA) is 93.2 Å². The number of ether oxygens (including phenoxy) is 1. The number of esters is 1. The number of benzene rings is 1. The Bertz CT molecular complexity index is 778. The van der Waals surface area contributed by atoms with E-state index < -0.39 is 12.0 Å². The normalized spacial score (nSPS) is 17.0. The van der Waals surface area contributed by atoms with Crippen molar-refractivity contribution in [1.82, 2.24) is 20.8 Å². The Kier molecular flexibility index (Phi) is 5.67. The molecule has 0 unspecified atom stereocenters. The number of carbonyl (C=O) groups excluding carboxylic acids is 2. The van der Waals surface area contributed by atoms with Crippen molar-refractivity contribution < 1.29 is 14.3 Å². The van der Waals surface area contributed by atoms with Crippen LogP contribution in [0.5, 0.6) is 0 Å². The SMILES string of the molecule is CCOC(=O)C1=C(CSc2nncs2)NC(=O)N[C@H]1c1ccccc1. The van der Waals surface area contributed by atoms with Gasteiger partial charge in [0, 0.05) is 11.4 Å². The van der Waals surface area contributed by atoms with Crippen LogP contribution in [0.1, 0.15) is 18.5 Å². The van der Waals surface area contributed by atoms with Gasteiger partial charge in [0.05, 0.1) is 18.2 Å². The number of carbonyl (C=O) groups is 2. The van der Waals surface area contributed by atoms with Crippen LogP contribution in [0.3, 0.4) is 0 Å². The third kappa shape index (κ3) is 4.18. The van der Waals surface area contributed by atoms with Crippen LogP contribution in [0.25, 0.3) is 0 Å². The highest BCUT2D eigenvalue weighted by Crippen LogP contribution is 2.30. The molecule has 9 heteroatoms. The van der Waals surface area contributed by atoms with E-state index in [4.69, 9.17) is 4.74 Å². The van der Waals surface area contributed by atoms with Crippen LogP contribution < -0.4 is 10.6 Å². The first-order chi connectivity index (χ1) is 12.2. The van der Waals surface area contributed by atoms with Gasteiger partial charge in [0.25, 0.3) is 0 Å². The summed E-state index contributed by atoms with van der Waals surface area (Å²) in [4.78, 5) is 24.7. The van der Waals surface area contributed by atoms with E-state index in [-0.39, 0.29) is 12.6 Å². The average Bonchev–Trinajstić information content (AvgIpc) is 3.14. The third-order valence-electron chi connectivity index (χ3n) is 3.46. The quantitative estimate of drug-likeness (QED) is 0.594. The minimum Gasteiger partial charge on any atom is -0.463 e. The molecule has 1 aromatic heterocycles. The van der Waals surface area contributed by atoms with Gasteiger partial charge in [0.1, 0.15) is 5.51 Å². The van der Waals surface area contributed by atoms with Gasteiger partial charge in [-0.3, -0.25) is 0 Å². The molecular weight excluding hydrogens is 360 g/mol. The Hall–Kier alpha value is -2.39. The van der Waals surface area contributed by atoms with Crippen LogP contribution in [0.2, 0.25) is 0 Å². The van der Waals surface area contributed by atoms with E-state index in [2.05, 4.69) is 20.8 Å². The van der Waals surface area contributed by atoms with Crippen LogP contribution in [0.4, 0.5) is 4.79 Å². The Balaban J connectivity index is 1.96. The van der Waals surface area contributed by atoms with Crippen molar-refractivity contribution in [2.45, 2.75) is 17.3 Å². The lowest BCUT2D eigenvalue weighted by molar-refractivity contribution is -0.139. The lowest BCUT2D eigenvalue weighted by Gasteiger charge is -2.29. The summed E-state index contributed by atoms with van der Waals surface area (Å²) in [5.74, 6) is -0.0585. The monoisotopic (exact) mass is 376 g/mol. The highest BCUT2D eigenvalue weighted by Gasteiger charge is 2.33. The Labute approximate surface area is 152 Å². The van der Waals surface area contributed by atoms with Gasteiger partial charge in [-0.1, -0.05) is 53.4 Å². The maximum atomic E-state index is 12.6. The number of amides is 2. The van der Waals surface area contributed by atoms with E-state index in [9.17, 15) is 9.59 Å². The minimum absolute atomic E-state index is 0.259. The molecule has 0 saturated heterocycles. The van der Waals surface area contributed by atoms with E-state index in [0.717, 1.165) is 9.90 Å². The van der Waals surface area contributed by atoms with Crippen LogP contribution in [0, 0.1) is 0 Å². The Morgan fingerprint density at radius 3 is 2.84 bits per heavy atom. The van der Waals surface area contributed by atoms with E-state index in [1.165, 1.54) is 23.1 Å². The van der Waals surface area contributed by atoms with Crippen LogP contribution in [-0.4, -0.2) is 34.6 Å². The standard InChI is InChI=1S/C16H16N4O3S2/c1-2-23-14(21)12-11(8-24-16-20-17-9-25-16)18-15(22)19-13(12)10-6-4-3-5-7-10/h3-7,9,13H,2,8H2,1H3,(H2,18,19,22)/t13-/m0/s1.